The minimum Gasteiger partial charge on any atom is -0.482 e. The van der Waals surface area contributed by atoms with Crippen molar-refractivity contribution in [3.8, 4) is 11.5 Å². The number of nitrogens with one attached hydrogen (secondary N) is 1. The van der Waals surface area contributed by atoms with E-state index in [0.717, 1.165) is 10.8 Å². The molecule has 0 aromatic heterocycles. The van der Waals surface area contributed by atoms with E-state index in [9.17, 15) is 9.59 Å². The molecule has 0 aliphatic carbocycles. The van der Waals surface area contributed by atoms with Crippen LogP contribution in [0.25, 0.3) is 10.8 Å². The largest absolute Gasteiger partial charge is 0.482 e. The molecule has 6 nitrogen and oxygen atoms in total. The Hall–Kier alpha value is -3.54. The standard InChI is InChI=1S/C23H24N2O4/c1-16(2)24-23(27)25(3)19-9-12-20(13-10-19)29-22(26)15-28-21-11-8-17-6-4-5-7-18(17)14-21/h4-14,16H,15H2,1-3H3,(H,24,27). The number of ether oxygens (including phenoxy) is 2. The second kappa shape index (κ2) is 9.10. The maximum absolute atomic E-state index is 12.1. The number of hydrogen-bond acceptors (Lipinski definition) is 4. The first-order chi connectivity index (χ1) is 13.9. The van der Waals surface area contributed by atoms with E-state index in [1.54, 1.807) is 31.3 Å². The van der Waals surface area contributed by atoms with Gasteiger partial charge in [-0.05, 0) is 61.0 Å². The number of esters is 1. The molecule has 0 bridgehead atoms. The first-order valence-corrected chi connectivity index (χ1v) is 9.39. The molecule has 0 aliphatic heterocycles. The fraction of sp³-hybridized carbons (Fsp3) is 0.217. The highest BCUT2D eigenvalue weighted by Gasteiger charge is 2.12. The van der Waals surface area contributed by atoms with Gasteiger partial charge in [-0.25, -0.2) is 9.59 Å². The van der Waals surface area contributed by atoms with Crippen LogP contribution >= 0.6 is 0 Å². The van der Waals surface area contributed by atoms with Crippen molar-refractivity contribution in [2.24, 2.45) is 0 Å². The Morgan fingerprint density at radius 1 is 0.931 bits per heavy atom. The molecule has 1 N–H and O–H groups in total. The Balaban J connectivity index is 1.54. The third kappa shape index (κ3) is 5.48. The van der Waals surface area contributed by atoms with Crippen molar-refractivity contribution in [1.82, 2.24) is 5.32 Å². The van der Waals surface area contributed by atoms with E-state index in [0.29, 0.717) is 17.2 Å². The average Bonchev–Trinajstić information content (AvgIpc) is 2.71. The molecule has 29 heavy (non-hydrogen) atoms. The molecule has 0 spiro atoms. The highest BCUT2D eigenvalue weighted by Crippen LogP contribution is 2.21. The molecule has 0 heterocycles. The predicted molar refractivity (Wildman–Crippen MR) is 114 cm³/mol. The topological polar surface area (TPSA) is 67.9 Å². The molecule has 0 fully saturated rings. The summed E-state index contributed by atoms with van der Waals surface area (Å²) in [6, 6.07) is 20.1. The van der Waals surface area contributed by atoms with Crippen LogP contribution in [-0.2, 0) is 4.79 Å². The Kier molecular flexibility index (Phi) is 6.34. The van der Waals surface area contributed by atoms with Gasteiger partial charge in [0.2, 0.25) is 0 Å². The lowest BCUT2D eigenvalue weighted by molar-refractivity contribution is -0.136. The van der Waals surface area contributed by atoms with Gasteiger partial charge in [-0.15, -0.1) is 0 Å². The van der Waals surface area contributed by atoms with Gasteiger partial charge in [-0.3, -0.25) is 4.90 Å². The number of carbonyl (C=O) groups excluding carboxylic acids is 2. The third-order valence-corrected chi connectivity index (χ3v) is 4.25. The summed E-state index contributed by atoms with van der Waals surface area (Å²) >= 11 is 0. The summed E-state index contributed by atoms with van der Waals surface area (Å²) in [5.41, 5.74) is 0.690. The minimum absolute atomic E-state index is 0.0489. The monoisotopic (exact) mass is 392 g/mol. The zero-order valence-electron chi connectivity index (χ0n) is 16.7. The smallest absolute Gasteiger partial charge is 0.349 e. The number of fused-ring (bicyclic) bond motifs is 1. The summed E-state index contributed by atoms with van der Waals surface area (Å²) in [5, 5.41) is 4.96. The van der Waals surface area contributed by atoms with Crippen LogP contribution in [0.5, 0.6) is 11.5 Å². The van der Waals surface area contributed by atoms with Gasteiger partial charge in [-0.1, -0.05) is 30.3 Å². The lowest BCUT2D eigenvalue weighted by Crippen LogP contribution is -2.40. The van der Waals surface area contributed by atoms with Crippen LogP contribution in [-0.4, -0.2) is 31.7 Å². The number of hydrogen-bond donors (Lipinski definition) is 1. The number of anilines is 1. The van der Waals surface area contributed by atoms with Crippen molar-refractivity contribution in [3.63, 3.8) is 0 Å². The normalized spacial score (nSPS) is 10.6. The Bertz CT molecular complexity index is 999. The summed E-state index contributed by atoms with van der Waals surface area (Å²) in [6.45, 7) is 3.60. The van der Waals surface area contributed by atoms with E-state index in [2.05, 4.69) is 5.32 Å². The Labute approximate surface area is 170 Å². The van der Waals surface area contributed by atoms with Crippen LogP contribution in [0.2, 0.25) is 0 Å². The van der Waals surface area contributed by atoms with Gasteiger partial charge in [0, 0.05) is 18.8 Å². The van der Waals surface area contributed by atoms with Crippen LogP contribution in [0.3, 0.4) is 0 Å². The fourth-order valence-electron chi connectivity index (χ4n) is 2.76. The molecule has 0 atom stereocenters. The number of urea groups is 1. The number of carbonyl (C=O) groups is 2. The van der Waals surface area contributed by atoms with Gasteiger partial charge in [0.05, 0.1) is 0 Å². The summed E-state index contributed by atoms with van der Waals surface area (Å²) in [6.07, 6.45) is 0. The number of nitrogens with zero attached hydrogens (tertiary/aromatic N) is 1. The van der Waals surface area contributed by atoms with Crippen LogP contribution in [0, 0.1) is 0 Å². The zero-order chi connectivity index (χ0) is 20.8. The maximum Gasteiger partial charge on any atom is 0.349 e. The molecule has 2 amide bonds. The number of amides is 2. The van der Waals surface area contributed by atoms with Gasteiger partial charge in [0.25, 0.3) is 0 Å². The molecule has 3 aromatic carbocycles. The summed E-state index contributed by atoms with van der Waals surface area (Å²) < 4.78 is 10.8. The first kappa shape index (κ1) is 20.2. The predicted octanol–water partition coefficient (Wildman–Crippen LogP) is 4.38. The lowest BCUT2D eigenvalue weighted by atomic mass is 10.1. The second-order valence-electron chi connectivity index (χ2n) is 6.93. The van der Waals surface area contributed by atoms with E-state index in [4.69, 9.17) is 9.47 Å². The molecule has 6 heteroatoms. The number of rotatable bonds is 6. The molecule has 3 aromatic rings. The molecule has 0 aliphatic rings. The van der Waals surface area contributed by atoms with Gasteiger partial charge in [0.15, 0.2) is 6.61 Å². The fourth-order valence-corrected chi connectivity index (χ4v) is 2.76. The van der Waals surface area contributed by atoms with Crippen molar-refractivity contribution >= 4 is 28.5 Å². The second-order valence-corrected chi connectivity index (χ2v) is 6.93. The Morgan fingerprint density at radius 3 is 2.28 bits per heavy atom. The van der Waals surface area contributed by atoms with E-state index in [1.807, 2.05) is 56.3 Å². The summed E-state index contributed by atoms with van der Waals surface area (Å²) in [4.78, 5) is 25.6. The molecule has 0 saturated heterocycles. The van der Waals surface area contributed by atoms with E-state index in [1.165, 1.54) is 4.90 Å². The van der Waals surface area contributed by atoms with Gasteiger partial charge >= 0.3 is 12.0 Å². The first-order valence-electron chi connectivity index (χ1n) is 9.39. The van der Waals surface area contributed by atoms with Crippen LogP contribution in [0.1, 0.15) is 13.8 Å². The molecule has 150 valence electrons. The van der Waals surface area contributed by atoms with Crippen molar-refractivity contribution < 1.29 is 19.1 Å². The SMILES string of the molecule is CC(C)NC(=O)N(C)c1ccc(OC(=O)COc2ccc3ccccc3c2)cc1. The molecule has 0 unspecified atom stereocenters. The molecule has 0 radical (unpaired) electrons. The molecular formula is C23H24N2O4. The zero-order valence-corrected chi connectivity index (χ0v) is 16.7. The molecular weight excluding hydrogens is 368 g/mol. The van der Waals surface area contributed by atoms with Crippen molar-refractivity contribution in [2.75, 3.05) is 18.6 Å². The molecule has 3 rings (SSSR count). The van der Waals surface area contributed by atoms with Crippen LogP contribution < -0.4 is 19.7 Å². The van der Waals surface area contributed by atoms with Crippen LogP contribution in [0.4, 0.5) is 10.5 Å². The quantitative estimate of drug-likeness (QED) is 0.499. The maximum atomic E-state index is 12.1. The highest BCUT2D eigenvalue weighted by molar-refractivity contribution is 5.91. The van der Waals surface area contributed by atoms with Crippen molar-refractivity contribution in [1.29, 1.82) is 0 Å². The van der Waals surface area contributed by atoms with E-state index in [-0.39, 0.29) is 18.7 Å². The van der Waals surface area contributed by atoms with E-state index < -0.39 is 5.97 Å². The lowest BCUT2D eigenvalue weighted by Gasteiger charge is -2.20. The summed E-state index contributed by atoms with van der Waals surface area (Å²) in [5.74, 6) is 0.490. The van der Waals surface area contributed by atoms with E-state index >= 15 is 0 Å². The van der Waals surface area contributed by atoms with Crippen LogP contribution in [0.15, 0.2) is 66.7 Å². The van der Waals surface area contributed by atoms with Gasteiger partial charge in [0.1, 0.15) is 11.5 Å². The van der Waals surface area contributed by atoms with Gasteiger partial charge in [-0.2, -0.15) is 0 Å². The third-order valence-electron chi connectivity index (χ3n) is 4.25. The molecule has 0 saturated carbocycles. The number of benzene rings is 3. The average molecular weight is 392 g/mol. The summed E-state index contributed by atoms with van der Waals surface area (Å²) in [7, 11) is 1.68. The Morgan fingerprint density at radius 2 is 1.59 bits per heavy atom. The van der Waals surface area contributed by atoms with Gasteiger partial charge < -0.3 is 14.8 Å². The van der Waals surface area contributed by atoms with Crippen molar-refractivity contribution in [2.45, 2.75) is 19.9 Å². The minimum atomic E-state index is -0.503. The highest BCUT2D eigenvalue weighted by atomic mass is 16.6. The van der Waals surface area contributed by atoms with Crippen molar-refractivity contribution in [3.05, 3.63) is 66.7 Å².